The predicted molar refractivity (Wildman–Crippen MR) is 94.0 cm³/mol. The Morgan fingerprint density at radius 3 is 2.46 bits per heavy atom. The molecule has 1 aromatic heterocycles. The van der Waals surface area contributed by atoms with Crippen molar-refractivity contribution >= 4 is 32.6 Å². The van der Waals surface area contributed by atoms with Gasteiger partial charge in [-0.1, -0.05) is 12.1 Å². The highest BCUT2D eigenvalue weighted by atomic mass is 32.2. The van der Waals surface area contributed by atoms with Crippen LogP contribution in [0.5, 0.6) is 5.75 Å². The van der Waals surface area contributed by atoms with E-state index in [1.165, 1.54) is 18.3 Å². The van der Waals surface area contributed by atoms with Crippen molar-refractivity contribution in [2.75, 3.05) is 0 Å². The van der Waals surface area contributed by atoms with Crippen molar-refractivity contribution in [3.63, 3.8) is 0 Å². The molecule has 3 rings (SSSR count). The molecule has 0 amide bonds. The number of nitrogens with zero attached hydrogens (tertiary/aromatic N) is 2. The van der Waals surface area contributed by atoms with E-state index in [0.29, 0.717) is 17.0 Å². The highest BCUT2D eigenvalue weighted by Crippen LogP contribution is 2.25. The smallest absolute Gasteiger partial charge is 0.233 e. The van der Waals surface area contributed by atoms with Gasteiger partial charge in [0.2, 0.25) is 14.2 Å². The number of phenols is 1. The van der Waals surface area contributed by atoms with Crippen LogP contribution < -0.4 is 0 Å². The van der Waals surface area contributed by atoms with Gasteiger partial charge in [0.25, 0.3) is 0 Å². The molecule has 0 aliphatic heterocycles. The number of aliphatic imine (C=N–C) groups is 1. The van der Waals surface area contributed by atoms with Gasteiger partial charge in [-0.3, -0.25) is 4.99 Å². The summed E-state index contributed by atoms with van der Waals surface area (Å²) in [5, 5.41) is 11.5. The van der Waals surface area contributed by atoms with Gasteiger partial charge in [-0.15, -0.1) is 11.3 Å². The molecule has 0 radical (unpaired) electrons. The standard InChI is InChI=1S/C17H14N2O3S2/c1-12(15-4-2-3-5-16(15)20)19-13-6-8-14(9-7-13)24(21,22)17-18-10-11-23-17/h2-11,20H,1H3. The maximum atomic E-state index is 12.4. The summed E-state index contributed by atoms with van der Waals surface area (Å²) < 4.78 is 24.8. The Hall–Kier alpha value is -2.51. The zero-order valence-corrected chi connectivity index (χ0v) is 14.4. The molecule has 24 heavy (non-hydrogen) atoms. The molecule has 5 nitrogen and oxygen atoms in total. The van der Waals surface area contributed by atoms with E-state index in [4.69, 9.17) is 0 Å². The lowest BCUT2D eigenvalue weighted by atomic mass is 10.1. The summed E-state index contributed by atoms with van der Waals surface area (Å²) >= 11 is 1.08. The maximum Gasteiger partial charge on any atom is 0.233 e. The Bertz CT molecular complexity index is 977. The molecular weight excluding hydrogens is 344 g/mol. The van der Waals surface area contributed by atoms with Gasteiger partial charge < -0.3 is 5.11 Å². The van der Waals surface area contributed by atoms with Crippen molar-refractivity contribution in [1.29, 1.82) is 0 Å². The molecule has 3 aromatic rings. The molecule has 0 atom stereocenters. The first kappa shape index (κ1) is 16.4. The molecule has 0 saturated heterocycles. The number of thiazole rings is 1. The third kappa shape index (κ3) is 3.22. The lowest BCUT2D eigenvalue weighted by Gasteiger charge is -2.05. The number of benzene rings is 2. The van der Waals surface area contributed by atoms with Crippen molar-refractivity contribution in [2.45, 2.75) is 16.2 Å². The van der Waals surface area contributed by atoms with Crippen LogP contribution in [0.25, 0.3) is 0 Å². The van der Waals surface area contributed by atoms with Gasteiger partial charge in [-0.05, 0) is 43.3 Å². The Labute approximate surface area is 143 Å². The van der Waals surface area contributed by atoms with Crippen LogP contribution in [0.2, 0.25) is 0 Å². The lowest BCUT2D eigenvalue weighted by Crippen LogP contribution is -2.00. The first-order valence-corrected chi connectivity index (χ1v) is 9.43. The van der Waals surface area contributed by atoms with E-state index in [-0.39, 0.29) is 15.0 Å². The minimum Gasteiger partial charge on any atom is -0.507 e. The van der Waals surface area contributed by atoms with Crippen LogP contribution in [-0.4, -0.2) is 24.2 Å². The van der Waals surface area contributed by atoms with E-state index in [1.54, 1.807) is 42.6 Å². The Morgan fingerprint density at radius 1 is 1.12 bits per heavy atom. The molecule has 0 fully saturated rings. The molecule has 7 heteroatoms. The molecule has 0 saturated carbocycles. The van der Waals surface area contributed by atoms with Gasteiger partial charge >= 0.3 is 0 Å². The molecule has 0 spiro atoms. The van der Waals surface area contributed by atoms with Crippen molar-refractivity contribution < 1.29 is 13.5 Å². The normalized spacial score (nSPS) is 12.3. The molecule has 0 aliphatic rings. The number of hydrogen-bond acceptors (Lipinski definition) is 6. The van der Waals surface area contributed by atoms with Gasteiger partial charge in [-0.2, -0.15) is 0 Å². The van der Waals surface area contributed by atoms with Crippen LogP contribution in [0.4, 0.5) is 5.69 Å². The lowest BCUT2D eigenvalue weighted by molar-refractivity contribution is 0.474. The minimum absolute atomic E-state index is 0.0733. The summed E-state index contributed by atoms with van der Waals surface area (Å²) in [6.45, 7) is 1.79. The maximum absolute atomic E-state index is 12.4. The summed E-state index contributed by atoms with van der Waals surface area (Å²) in [5.74, 6) is 0.154. The summed E-state index contributed by atoms with van der Waals surface area (Å²) in [7, 11) is -3.58. The van der Waals surface area contributed by atoms with E-state index in [2.05, 4.69) is 9.98 Å². The van der Waals surface area contributed by atoms with Gasteiger partial charge in [0.15, 0.2) is 0 Å². The monoisotopic (exact) mass is 358 g/mol. The summed E-state index contributed by atoms with van der Waals surface area (Å²) in [4.78, 5) is 8.46. The molecule has 0 aliphatic carbocycles. The van der Waals surface area contributed by atoms with Gasteiger partial charge in [-0.25, -0.2) is 13.4 Å². The van der Waals surface area contributed by atoms with Crippen LogP contribution >= 0.6 is 11.3 Å². The van der Waals surface area contributed by atoms with Gasteiger partial charge in [0.05, 0.1) is 10.6 Å². The van der Waals surface area contributed by atoms with Crippen molar-refractivity contribution in [3.8, 4) is 5.75 Å². The third-order valence-corrected chi connectivity index (χ3v) is 6.35. The Balaban J connectivity index is 1.91. The molecule has 1 heterocycles. The van der Waals surface area contributed by atoms with Gasteiger partial charge in [0, 0.05) is 22.9 Å². The number of phenolic OH excluding ortho intramolecular Hbond substituents is 1. The molecule has 0 unspecified atom stereocenters. The van der Waals surface area contributed by atoms with Crippen LogP contribution in [0.15, 0.2) is 74.3 Å². The summed E-state index contributed by atoms with van der Waals surface area (Å²) in [6, 6.07) is 13.2. The van der Waals surface area contributed by atoms with E-state index in [0.717, 1.165) is 11.3 Å². The van der Waals surface area contributed by atoms with Crippen molar-refractivity contribution in [2.24, 2.45) is 4.99 Å². The van der Waals surface area contributed by atoms with Crippen LogP contribution in [0.1, 0.15) is 12.5 Å². The fourth-order valence-corrected chi connectivity index (χ4v) is 4.39. The second-order valence-corrected chi connectivity index (χ2v) is 8.03. The fraction of sp³-hybridized carbons (Fsp3) is 0.0588. The van der Waals surface area contributed by atoms with Crippen molar-refractivity contribution in [1.82, 2.24) is 4.98 Å². The number of aromatic nitrogens is 1. The first-order chi connectivity index (χ1) is 11.5. The Morgan fingerprint density at radius 2 is 1.83 bits per heavy atom. The Kier molecular flexibility index (Phi) is 4.46. The van der Waals surface area contributed by atoms with Crippen LogP contribution in [0, 0.1) is 0 Å². The van der Waals surface area contributed by atoms with E-state index in [1.807, 2.05) is 6.07 Å². The predicted octanol–water partition coefficient (Wildman–Crippen LogP) is 3.82. The topological polar surface area (TPSA) is 79.6 Å². The van der Waals surface area contributed by atoms with Gasteiger partial charge in [0.1, 0.15) is 5.75 Å². The zero-order chi connectivity index (χ0) is 17.2. The summed E-state index contributed by atoms with van der Waals surface area (Å²) in [5.41, 5.74) is 1.88. The van der Waals surface area contributed by atoms with E-state index >= 15 is 0 Å². The number of rotatable bonds is 4. The quantitative estimate of drug-likeness (QED) is 0.719. The summed E-state index contributed by atoms with van der Waals surface area (Å²) in [6.07, 6.45) is 1.46. The molecule has 0 bridgehead atoms. The second kappa shape index (κ2) is 6.54. The molecule has 2 aromatic carbocycles. The number of para-hydroxylation sites is 1. The number of sulfone groups is 1. The highest BCUT2D eigenvalue weighted by molar-refractivity contribution is 7.93. The largest absolute Gasteiger partial charge is 0.507 e. The third-order valence-electron chi connectivity index (χ3n) is 3.38. The number of hydrogen-bond donors (Lipinski definition) is 1. The average Bonchev–Trinajstić information content (AvgIpc) is 3.11. The highest BCUT2D eigenvalue weighted by Gasteiger charge is 2.20. The van der Waals surface area contributed by atoms with E-state index < -0.39 is 9.84 Å². The zero-order valence-electron chi connectivity index (χ0n) is 12.7. The van der Waals surface area contributed by atoms with Crippen molar-refractivity contribution in [3.05, 3.63) is 65.7 Å². The number of aromatic hydroxyl groups is 1. The fourth-order valence-electron chi connectivity index (χ4n) is 2.18. The second-order valence-electron chi connectivity index (χ2n) is 5.01. The first-order valence-electron chi connectivity index (χ1n) is 7.07. The molecule has 1 N–H and O–H groups in total. The molecular formula is C17H14N2O3S2. The SMILES string of the molecule is CC(=Nc1ccc(S(=O)(=O)c2nccs2)cc1)c1ccccc1O. The van der Waals surface area contributed by atoms with Crippen LogP contribution in [-0.2, 0) is 9.84 Å². The average molecular weight is 358 g/mol. The van der Waals surface area contributed by atoms with Crippen LogP contribution in [0.3, 0.4) is 0 Å². The molecule has 122 valence electrons. The van der Waals surface area contributed by atoms with E-state index in [9.17, 15) is 13.5 Å². The minimum atomic E-state index is -3.58.